The minimum Gasteiger partial charge on any atom is -0.507 e. The molecule has 0 bridgehead atoms. The van der Waals surface area contributed by atoms with Crippen molar-refractivity contribution in [3.8, 4) is 5.75 Å². The summed E-state index contributed by atoms with van der Waals surface area (Å²) in [5, 5.41) is 11.0. The topological polar surface area (TPSA) is 80.0 Å². The van der Waals surface area contributed by atoms with Crippen molar-refractivity contribution in [3.05, 3.63) is 95.2 Å². The van der Waals surface area contributed by atoms with Crippen molar-refractivity contribution in [1.29, 1.82) is 0 Å². The lowest BCUT2D eigenvalue weighted by Gasteiger charge is -2.24. The molecule has 1 aliphatic heterocycles. The lowest BCUT2D eigenvalue weighted by Crippen LogP contribution is -2.29. The molecule has 3 aromatic rings. The quantitative estimate of drug-likeness (QED) is 0.362. The largest absolute Gasteiger partial charge is 0.507 e. The Morgan fingerprint density at radius 3 is 2.48 bits per heavy atom. The normalized spacial score (nSPS) is 17.9. The number of furan rings is 1. The number of ketones is 1. The summed E-state index contributed by atoms with van der Waals surface area (Å²) in [5.74, 6) is -1.65. The molecule has 0 radical (unpaired) electrons. The van der Waals surface area contributed by atoms with Crippen molar-refractivity contribution in [2.24, 2.45) is 0 Å². The van der Waals surface area contributed by atoms with E-state index in [4.69, 9.17) is 9.15 Å². The van der Waals surface area contributed by atoms with Gasteiger partial charge in [0.25, 0.3) is 11.7 Å². The Kier molecular flexibility index (Phi) is 5.58. The molecular weight excluding hydrogens is 401 g/mol. The molecule has 1 aliphatic rings. The minimum absolute atomic E-state index is 0.0450. The van der Waals surface area contributed by atoms with E-state index in [1.165, 1.54) is 29.4 Å². The van der Waals surface area contributed by atoms with Crippen LogP contribution in [-0.4, -0.2) is 28.3 Å². The molecule has 1 atom stereocenters. The van der Waals surface area contributed by atoms with Crippen LogP contribution in [-0.2, 0) is 16.1 Å². The number of aliphatic hydroxyl groups excluding tert-OH is 1. The zero-order valence-electron chi connectivity index (χ0n) is 16.7. The van der Waals surface area contributed by atoms with Crippen molar-refractivity contribution in [2.45, 2.75) is 19.5 Å². The van der Waals surface area contributed by atoms with Crippen LogP contribution in [0.3, 0.4) is 0 Å². The van der Waals surface area contributed by atoms with E-state index >= 15 is 0 Å². The Bertz CT molecular complexity index is 1140. The van der Waals surface area contributed by atoms with Gasteiger partial charge in [0, 0.05) is 11.1 Å². The van der Waals surface area contributed by atoms with Crippen LogP contribution in [0.15, 0.2) is 76.9 Å². The molecule has 1 N–H and O–H groups in total. The molecule has 31 heavy (non-hydrogen) atoms. The van der Waals surface area contributed by atoms with Gasteiger partial charge in [0.1, 0.15) is 23.1 Å². The fourth-order valence-corrected chi connectivity index (χ4v) is 3.66. The molecule has 0 aliphatic carbocycles. The average Bonchev–Trinajstić information content (AvgIpc) is 3.37. The van der Waals surface area contributed by atoms with Gasteiger partial charge in [0.05, 0.1) is 31.0 Å². The predicted octanol–water partition coefficient (Wildman–Crippen LogP) is 4.44. The van der Waals surface area contributed by atoms with E-state index in [9.17, 15) is 19.1 Å². The van der Waals surface area contributed by atoms with Crippen LogP contribution in [0.1, 0.15) is 29.9 Å². The number of amides is 1. The van der Waals surface area contributed by atoms with Crippen LogP contribution in [0.5, 0.6) is 5.75 Å². The van der Waals surface area contributed by atoms with Gasteiger partial charge < -0.3 is 19.2 Å². The summed E-state index contributed by atoms with van der Waals surface area (Å²) < 4.78 is 25.4. The van der Waals surface area contributed by atoms with Gasteiger partial charge in [-0.3, -0.25) is 9.59 Å². The molecule has 1 fully saturated rings. The first-order chi connectivity index (χ1) is 15.0. The van der Waals surface area contributed by atoms with Gasteiger partial charge in [0.15, 0.2) is 0 Å². The van der Waals surface area contributed by atoms with Gasteiger partial charge in [-0.25, -0.2) is 4.39 Å². The highest BCUT2D eigenvalue weighted by Gasteiger charge is 2.47. The van der Waals surface area contributed by atoms with E-state index in [-0.39, 0.29) is 23.4 Å². The zero-order chi connectivity index (χ0) is 22.0. The van der Waals surface area contributed by atoms with Crippen molar-refractivity contribution in [3.63, 3.8) is 0 Å². The van der Waals surface area contributed by atoms with Gasteiger partial charge in [0.2, 0.25) is 0 Å². The average molecular weight is 421 g/mol. The number of rotatable bonds is 6. The molecule has 0 spiro atoms. The maximum Gasteiger partial charge on any atom is 0.296 e. The molecule has 4 rings (SSSR count). The Balaban J connectivity index is 1.84. The lowest BCUT2D eigenvalue weighted by atomic mass is 9.95. The van der Waals surface area contributed by atoms with Crippen LogP contribution in [0.25, 0.3) is 5.76 Å². The Labute approximate surface area is 178 Å². The summed E-state index contributed by atoms with van der Waals surface area (Å²) in [6.45, 7) is 2.29. The number of nitrogens with zero attached hydrogens (tertiary/aromatic N) is 1. The molecule has 1 aromatic heterocycles. The summed E-state index contributed by atoms with van der Waals surface area (Å²) in [6.07, 6.45) is 1.45. The molecule has 1 saturated heterocycles. The van der Waals surface area contributed by atoms with Gasteiger partial charge in [-0.05, 0) is 49.4 Å². The highest BCUT2D eigenvalue weighted by molar-refractivity contribution is 6.46. The first-order valence-corrected chi connectivity index (χ1v) is 9.79. The summed E-state index contributed by atoms with van der Waals surface area (Å²) in [7, 11) is 0. The Morgan fingerprint density at radius 1 is 1.10 bits per heavy atom. The van der Waals surface area contributed by atoms with Crippen molar-refractivity contribution >= 4 is 17.4 Å². The monoisotopic (exact) mass is 421 g/mol. The van der Waals surface area contributed by atoms with Crippen molar-refractivity contribution < 1.29 is 28.2 Å². The van der Waals surface area contributed by atoms with Gasteiger partial charge in [-0.1, -0.05) is 18.2 Å². The molecule has 7 heteroatoms. The highest BCUT2D eigenvalue weighted by Crippen LogP contribution is 2.41. The number of hydrogen-bond donors (Lipinski definition) is 1. The van der Waals surface area contributed by atoms with E-state index in [1.54, 1.807) is 42.5 Å². The van der Waals surface area contributed by atoms with Gasteiger partial charge in [-0.15, -0.1) is 0 Å². The van der Waals surface area contributed by atoms with Gasteiger partial charge >= 0.3 is 0 Å². The number of Topliss-reactive ketones (excluding diaryl/α,β-unsaturated/α-hetero) is 1. The molecule has 2 aromatic carbocycles. The van der Waals surface area contributed by atoms with E-state index in [1.807, 2.05) is 6.92 Å². The number of likely N-dealkylation sites (tertiary alicyclic amines) is 1. The first kappa shape index (κ1) is 20.4. The van der Waals surface area contributed by atoms with Gasteiger partial charge in [-0.2, -0.15) is 0 Å². The fraction of sp³-hybridized carbons (Fsp3) is 0.167. The number of halogens is 1. The molecule has 1 amide bonds. The number of ether oxygens (including phenoxy) is 1. The number of hydrogen-bond acceptors (Lipinski definition) is 5. The highest BCUT2D eigenvalue weighted by atomic mass is 19.1. The van der Waals surface area contributed by atoms with Crippen LogP contribution in [0.2, 0.25) is 0 Å². The second-order valence-electron chi connectivity index (χ2n) is 6.99. The second-order valence-corrected chi connectivity index (χ2v) is 6.99. The molecule has 1 unspecified atom stereocenters. The smallest absolute Gasteiger partial charge is 0.296 e. The minimum atomic E-state index is -1.10. The zero-order valence-corrected chi connectivity index (χ0v) is 16.7. The summed E-state index contributed by atoms with van der Waals surface area (Å²) in [5.41, 5.74) is 0.257. The van der Waals surface area contributed by atoms with Crippen LogP contribution < -0.4 is 4.74 Å². The summed E-state index contributed by atoms with van der Waals surface area (Å²) >= 11 is 0. The van der Waals surface area contributed by atoms with E-state index in [2.05, 4.69) is 0 Å². The van der Waals surface area contributed by atoms with Crippen molar-refractivity contribution in [2.75, 3.05) is 6.61 Å². The summed E-state index contributed by atoms with van der Waals surface area (Å²) in [6, 6.07) is 14.5. The third-order valence-electron chi connectivity index (χ3n) is 5.08. The molecule has 2 heterocycles. The van der Waals surface area contributed by atoms with Crippen LogP contribution in [0.4, 0.5) is 4.39 Å². The summed E-state index contributed by atoms with van der Waals surface area (Å²) in [4.78, 5) is 27.0. The lowest BCUT2D eigenvalue weighted by molar-refractivity contribution is -0.140. The van der Waals surface area contributed by atoms with Crippen molar-refractivity contribution in [1.82, 2.24) is 4.90 Å². The maximum atomic E-state index is 14.7. The number of benzene rings is 2. The standard InChI is InChI=1S/C24H20FNO5/c1-2-30-16-11-9-15(10-12-16)22(27)20-21(18-7-3-4-8-19(18)25)26(24(29)23(20)28)14-17-6-5-13-31-17/h3-13,21,27H,2,14H2,1H3/b22-20-. The van der Waals surface area contributed by atoms with E-state index < -0.39 is 23.5 Å². The molecular formula is C24H20FNO5. The Hall–Kier alpha value is -3.87. The van der Waals surface area contributed by atoms with Crippen LogP contribution in [0, 0.1) is 5.82 Å². The number of carbonyl (C=O) groups excluding carboxylic acids is 2. The van der Waals surface area contributed by atoms with Crippen LogP contribution >= 0.6 is 0 Å². The fourth-order valence-electron chi connectivity index (χ4n) is 3.66. The number of aliphatic hydroxyl groups is 1. The molecule has 0 saturated carbocycles. The predicted molar refractivity (Wildman–Crippen MR) is 111 cm³/mol. The SMILES string of the molecule is CCOc1ccc(/C(O)=C2/C(=O)C(=O)N(Cc3ccco3)C2c2ccccc2F)cc1. The molecule has 6 nitrogen and oxygen atoms in total. The van der Waals surface area contributed by atoms with E-state index in [0.717, 1.165) is 0 Å². The third-order valence-corrected chi connectivity index (χ3v) is 5.08. The Morgan fingerprint density at radius 2 is 1.84 bits per heavy atom. The molecule has 158 valence electrons. The second kappa shape index (κ2) is 8.47. The maximum absolute atomic E-state index is 14.7. The van der Waals surface area contributed by atoms with E-state index in [0.29, 0.717) is 23.7 Å². The first-order valence-electron chi connectivity index (χ1n) is 9.79. The third kappa shape index (κ3) is 3.82. The number of carbonyl (C=O) groups is 2.